The second kappa shape index (κ2) is 5.38. The summed E-state index contributed by atoms with van der Waals surface area (Å²) in [5, 5.41) is 14.3. The van der Waals surface area contributed by atoms with Crippen LogP contribution in [0.3, 0.4) is 0 Å². The van der Waals surface area contributed by atoms with Gasteiger partial charge in [-0.1, -0.05) is 5.16 Å². The van der Waals surface area contributed by atoms with Crippen LogP contribution in [0.4, 0.5) is 13.2 Å². The van der Waals surface area contributed by atoms with Crippen LogP contribution in [0, 0.1) is 13.8 Å². The van der Waals surface area contributed by atoms with Gasteiger partial charge in [-0.3, -0.25) is 4.79 Å². The van der Waals surface area contributed by atoms with Crippen LogP contribution in [-0.2, 0) is 11.2 Å². The normalized spacial score (nSPS) is 13.4. The number of hydrogen-bond donors (Lipinski definition) is 2. The first-order chi connectivity index (χ1) is 8.21. The average Bonchev–Trinajstić information content (AvgIpc) is 2.56. The summed E-state index contributed by atoms with van der Waals surface area (Å²) < 4.78 is 40.8. The summed E-state index contributed by atoms with van der Waals surface area (Å²) in [4.78, 5) is 11.4. The molecule has 8 heteroatoms. The van der Waals surface area contributed by atoms with Crippen LogP contribution in [0.2, 0.25) is 0 Å². The van der Waals surface area contributed by atoms with E-state index in [-0.39, 0.29) is 6.42 Å². The summed E-state index contributed by atoms with van der Waals surface area (Å²) in [6, 6.07) is 0. The van der Waals surface area contributed by atoms with E-state index in [2.05, 4.69) is 5.16 Å². The molecular weight excluding hydrogens is 253 g/mol. The summed E-state index contributed by atoms with van der Waals surface area (Å²) in [5.74, 6) is -0.188. The largest absolute Gasteiger partial charge is 0.416 e. The first kappa shape index (κ1) is 14.5. The number of hydrogen-bond acceptors (Lipinski definition) is 4. The van der Waals surface area contributed by atoms with Gasteiger partial charge in [-0.2, -0.15) is 13.2 Å². The van der Waals surface area contributed by atoms with Gasteiger partial charge in [0.2, 0.25) is 5.91 Å². The van der Waals surface area contributed by atoms with Gasteiger partial charge >= 0.3 is 6.18 Å². The maximum Gasteiger partial charge on any atom is 0.416 e. The third-order valence-electron chi connectivity index (χ3n) is 2.39. The van der Waals surface area contributed by atoms with Crippen molar-refractivity contribution in [3.8, 4) is 0 Å². The van der Waals surface area contributed by atoms with Gasteiger partial charge in [-0.05, 0) is 13.8 Å². The van der Waals surface area contributed by atoms with Crippen LogP contribution in [0.1, 0.15) is 17.0 Å². The molecule has 1 rings (SSSR count). The topological polar surface area (TPSA) is 75.4 Å². The molecular formula is C10H13F3N2O3. The molecule has 0 spiro atoms. The molecule has 18 heavy (non-hydrogen) atoms. The van der Waals surface area contributed by atoms with Crippen molar-refractivity contribution in [2.75, 3.05) is 6.54 Å². The second-order valence-electron chi connectivity index (χ2n) is 3.84. The van der Waals surface area contributed by atoms with Gasteiger partial charge in [-0.25, -0.2) is 0 Å². The minimum Gasteiger partial charge on any atom is -0.382 e. The first-order valence-electron chi connectivity index (χ1n) is 5.15. The number of aliphatic hydroxyl groups is 1. The molecule has 1 atom stereocenters. The second-order valence-corrected chi connectivity index (χ2v) is 3.84. The molecule has 0 aliphatic carbocycles. The lowest BCUT2D eigenvalue weighted by atomic mass is 10.1. The monoisotopic (exact) mass is 266 g/mol. The van der Waals surface area contributed by atoms with Crippen LogP contribution in [0.15, 0.2) is 4.52 Å². The van der Waals surface area contributed by atoms with Crippen LogP contribution in [-0.4, -0.2) is 35.0 Å². The van der Waals surface area contributed by atoms with E-state index in [1.807, 2.05) is 5.32 Å². The Kier molecular flexibility index (Phi) is 4.33. The Labute approximate surface area is 101 Å². The smallest absolute Gasteiger partial charge is 0.382 e. The summed E-state index contributed by atoms with van der Waals surface area (Å²) in [6.07, 6.45) is -7.44. The number of aliphatic hydroxyl groups excluding tert-OH is 1. The Morgan fingerprint density at radius 1 is 1.50 bits per heavy atom. The number of carbonyl (C=O) groups is 1. The number of nitrogens with one attached hydrogen (secondary N) is 1. The number of nitrogens with zero attached hydrogens (tertiary/aromatic N) is 1. The maximum atomic E-state index is 12.0. The van der Waals surface area contributed by atoms with E-state index < -0.39 is 24.7 Å². The third kappa shape index (κ3) is 3.73. The zero-order valence-electron chi connectivity index (χ0n) is 9.84. The molecule has 1 aromatic heterocycles. The lowest BCUT2D eigenvalue weighted by Gasteiger charge is -2.14. The van der Waals surface area contributed by atoms with Crippen molar-refractivity contribution in [2.45, 2.75) is 32.5 Å². The van der Waals surface area contributed by atoms with Crippen LogP contribution in [0.5, 0.6) is 0 Å². The lowest BCUT2D eigenvalue weighted by molar-refractivity contribution is -0.201. The number of aromatic nitrogens is 1. The van der Waals surface area contributed by atoms with E-state index in [0.29, 0.717) is 17.0 Å². The van der Waals surface area contributed by atoms with E-state index >= 15 is 0 Å². The van der Waals surface area contributed by atoms with Crippen LogP contribution < -0.4 is 5.32 Å². The van der Waals surface area contributed by atoms with Gasteiger partial charge in [0.05, 0.1) is 18.7 Å². The Morgan fingerprint density at radius 3 is 2.56 bits per heavy atom. The van der Waals surface area contributed by atoms with Gasteiger partial charge in [0.25, 0.3) is 0 Å². The fraction of sp³-hybridized carbons (Fsp3) is 0.600. The molecule has 0 aliphatic rings. The third-order valence-corrected chi connectivity index (χ3v) is 2.39. The Bertz CT molecular complexity index is 409. The van der Waals surface area contributed by atoms with E-state index in [4.69, 9.17) is 9.63 Å². The number of alkyl halides is 3. The summed E-state index contributed by atoms with van der Waals surface area (Å²) in [5.41, 5.74) is 1.05. The minimum absolute atomic E-state index is 0.133. The fourth-order valence-corrected chi connectivity index (χ4v) is 1.30. The molecule has 2 N–H and O–H groups in total. The number of amides is 1. The molecule has 0 saturated heterocycles. The van der Waals surface area contributed by atoms with Gasteiger partial charge in [-0.15, -0.1) is 0 Å². The van der Waals surface area contributed by atoms with Crippen LogP contribution >= 0.6 is 0 Å². The quantitative estimate of drug-likeness (QED) is 0.848. The Morgan fingerprint density at radius 2 is 2.11 bits per heavy atom. The van der Waals surface area contributed by atoms with Gasteiger partial charge in [0, 0.05) is 5.56 Å². The SMILES string of the molecule is Cc1noc(C)c1CC(=O)NCC(O)C(F)(F)F. The molecule has 0 aliphatic heterocycles. The first-order valence-corrected chi connectivity index (χ1v) is 5.15. The molecule has 102 valence electrons. The molecule has 5 nitrogen and oxygen atoms in total. The minimum atomic E-state index is -4.74. The van der Waals surface area contributed by atoms with Crippen molar-refractivity contribution in [1.82, 2.24) is 10.5 Å². The lowest BCUT2D eigenvalue weighted by Crippen LogP contribution is -2.41. The van der Waals surface area contributed by atoms with Crippen molar-refractivity contribution < 1.29 is 27.6 Å². The average molecular weight is 266 g/mol. The molecule has 1 amide bonds. The fourth-order valence-electron chi connectivity index (χ4n) is 1.30. The van der Waals surface area contributed by atoms with Crippen molar-refractivity contribution in [2.24, 2.45) is 0 Å². The summed E-state index contributed by atoms with van der Waals surface area (Å²) in [6.45, 7) is 2.36. The summed E-state index contributed by atoms with van der Waals surface area (Å²) in [7, 11) is 0. The molecule has 1 heterocycles. The zero-order valence-corrected chi connectivity index (χ0v) is 9.84. The predicted molar refractivity (Wildman–Crippen MR) is 54.8 cm³/mol. The molecule has 1 aromatic rings. The van der Waals surface area contributed by atoms with E-state index in [1.165, 1.54) is 0 Å². The Balaban J connectivity index is 2.49. The Hall–Kier alpha value is -1.57. The van der Waals surface area contributed by atoms with Crippen molar-refractivity contribution >= 4 is 5.91 Å². The molecule has 0 fully saturated rings. The molecule has 0 bridgehead atoms. The van der Waals surface area contributed by atoms with E-state index in [0.717, 1.165) is 0 Å². The number of carbonyl (C=O) groups excluding carboxylic acids is 1. The highest BCUT2D eigenvalue weighted by molar-refractivity contribution is 5.79. The maximum absolute atomic E-state index is 12.0. The van der Waals surface area contributed by atoms with Gasteiger partial charge in [0.1, 0.15) is 5.76 Å². The molecule has 0 aromatic carbocycles. The van der Waals surface area contributed by atoms with Gasteiger partial charge < -0.3 is 14.9 Å². The molecule has 0 saturated carbocycles. The number of rotatable bonds is 4. The van der Waals surface area contributed by atoms with Gasteiger partial charge in [0.15, 0.2) is 6.10 Å². The van der Waals surface area contributed by atoms with Crippen LogP contribution in [0.25, 0.3) is 0 Å². The standard InChI is InChI=1S/C10H13F3N2O3/c1-5-7(6(2)18-15-5)3-9(17)14-4-8(16)10(11,12)13/h8,16H,3-4H2,1-2H3,(H,14,17). The molecule has 1 unspecified atom stereocenters. The van der Waals surface area contributed by atoms with E-state index in [9.17, 15) is 18.0 Å². The number of halogens is 3. The van der Waals surface area contributed by atoms with Crippen molar-refractivity contribution in [3.05, 3.63) is 17.0 Å². The molecule has 0 radical (unpaired) electrons. The summed E-state index contributed by atoms with van der Waals surface area (Å²) >= 11 is 0. The zero-order chi connectivity index (χ0) is 13.9. The predicted octanol–water partition coefficient (Wildman–Crippen LogP) is 0.873. The highest BCUT2D eigenvalue weighted by Crippen LogP contribution is 2.19. The van der Waals surface area contributed by atoms with Crippen molar-refractivity contribution in [3.63, 3.8) is 0 Å². The van der Waals surface area contributed by atoms with E-state index in [1.54, 1.807) is 13.8 Å². The van der Waals surface area contributed by atoms with Crippen molar-refractivity contribution in [1.29, 1.82) is 0 Å². The highest BCUT2D eigenvalue weighted by atomic mass is 19.4. The highest BCUT2D eigenvalue weighted by Gasteiger charge is 2.38. The number of aryl methyl sites for hydroxylation is 2.